The number of carbonyl (C=O) groups is 2. The quantitative estimate of drug-likeness (QED) is 0.318. The third-order valence-electron chi connectivity index (χ3n) is 7.29. The van der Waals surface area contributed by atoms with Crippen molar-refractivity contribution in [2.24, 2.45) is 11.8 Å². The van der Waals surface area contributed by atoms with Crippen molar-refractivity contribution in [3.63, 3.8) is 0 Å². The number of carboxylic acid groups (broad SMARTS) is 1. The van der Waals surface area contributed by atoms with E-state index in [1.807, 2.05) is 6.92 Å². The fourth-order valence-electron chi connectivity index (χ4n) is 5.59. The number of β-lactam (4-membered cyclic amide) rings is 1. The highest BCUT2D eigenvalue weighted by Crippen LogP contribution is 2.51. The zero-order valence-corrected chi connectivity index (χ0v) is 18.9. The Kier molecular flexibility index (Phi) is 6.05. The number of amides is 1. The molecule has 4 rings (SSSR count). The molecule has 1 amide bonds. The number of likely N-dealkylation sites (tertiary alicyclic amines) is 1. The van der Waals surface area contributed by atoms with Crippen molar-refractivity contribution in [2.45, 2.75) is 56.5 Å². The van der Waals surface area contributed by atoms with Crippen LogP contribution in [0.4, 0.5) is 0 Å². The van der Waals surface area contributed by atoms with Gasteiger partial charge in [0.2, 0.25) is 5.91 Å². The lowest BCUT2D eigenvalue weighted by molar-refractivity contribution is -0.891. The van der Waals surface area contributed by atoms with Crippen LogP contribution in [0.15, 0.2) is 22.8 Å². The Labute approximate surface area is 182 Å². The Morgan fingerprint density at radius 2 is 2.10 bits per heavy atom. The highest BCUT2D eigenvalue weighted by atomic mass is 32.2. The molecule has 3 fully saturated rings. The Bertz CT molecular complexity index is 774. The summed E-state index contributed by atoms with van der Waals surface area (Å²) in [6, 6.07) is 0.0761. The van der Waals surface area contributed by atoms with Gasteiger partial charge >= 0.3 is 5.97 Å². The lowest BCUT2D eigenvalue weighted by Crippen LogP contribution is -2.63. The number of carboxylic acids is 1. The standard InChI is InChI=1S/C22H33N3O4S/c1-13-18-17(14(2)26)21(27)24(18)19(22(28)29)20(13)30-16-11-15(23-12-16)7-6-10-25(3)8-4-5-9-25/h6-7,13-18,23,26H,4-5,8-12H2,1-3H3/p+1/b7-6+/t13-,14-,15-,16+,17-,18-/m1/s1. The summed E-state index contributed by atoms with van der Waals surface area (Å²) < 4.78 is 1.13. The van der Waals surface area contributed by atoms with Crippen LogP contribution in [0.2, 0.25) is 0 Å². The molecule has 4 aliphatic rings. The first-order valence-electron chi connectivity index (χ1n) is 11.1. The van der Waals surface area contributed by atoms with E-state index in [4.69, 9.17) is 0 Å². The van der Waals surface area contributed by atoms with Gasteiger partial charge in [-0.1, -0.05) is 13.0 Å². The van der Waals surface area contributed by atoms with Crippen molar-refractivity contribution in [1.82, 2.24) is 10.2 Å². The minimum atomic E-state index is -1.05. The van der Waals surface area contributed by atoms with Crippen LogP contribution in [-0.2, 0) is 9.59 Å². The highest BCUT2D eigenvalue weighted by Gasteiger charge is 2.60. The predicted octanol–water partition coefficient (Wildman–Crippen LogP) is 1.40. The first-order chi connectivity index (χ1) is 14.2. The first-order valence-corrected chi connectivity index (χ1v) is 12.0. The van der Waals surface area contributed by atoms with Gasteiger partial charge in [0.1, 0.15) is 5.70 Å². The van der Waals surface area contributed by atoms with Gasteiger partial charge in [-0.25, -0.2) is 4.79 Å². The fraction of sp³-hybridized carbons (Fsp3) is 0.727. The lowest BCUT2D eigenvalue weighted by atomic mass is 9.79. The molecule has 0 aromatic rings. The molecule has 0 aromatic heterocycles. The van der Waals surface area contributed by atoms with Crippen LogP contribution >= 0.6 is 11.8 Å². The summed E-state index contributed by atoms with van der Waals surface area (Å²) in [5.41, 5.74) is 0.129. The minimum absolute atomic E-state index is 0.0624. The zero-order chi connectivity index (χ0) is 21.6. The number of nitrogens with zero attached hydrogens (tertiary/aromatic N) is 2. The Hall–Kier alpha value is -1.35. The summed E-state index contributed by atoms with van der Waals surface area (Å²) in [5, 5.41) is 23.6. The average molecular weight is 437 g/mol. The summed E-state index contributed by atoms with van der Waals surface area (Å²) in [4.78, 5) is 26.6. The molecule has 0 unspecified atom stereocenters. The van der Waals surface area contributed by atoms with E-state index in [2.05, 4.69) is 24.5 Å². The molecule has 166 valence electrons. The number of aliphatic carboxylic acids is 1. The molecule has 6 atom stereocenters. The number of fused-ring (bicyclic) bond motifs is 1. The molecule has 0 aliphatic carbocycles. The first kappa shape index (κ1) is 21.9. The number of carbonyl (C=O) groups excluding carboxylic acids is 1. The van der Waals surface area contributed by atoms with Gasteiger partial charge in [0.15, 0.2) is 0 Å². The topological polar surface area (TPSA) is 89.9 Å². The van der Waals surface area contributed by atoms with Crippen LogP contribution in [0.25, 0.3) is 0 Å². The number of rotatable bonds is 7. The molecule has 8 heteroatoms. The molecule has 0 aromatic carbocycles. The van der Waals surface area contributed by atoms with Gasteiger partial charge in [-0.2, -0.15) is 0 Å². The summed E-state index contributed by atoms with van der Waals surface area (Å²) in [7, 11) is 2.32. The minimum Gasteiger partial charge on any atom is -0.477 e. The van der Waals surface area contributed by atoms with Crippen molar-refractivity contribution in [2.75, 3.05) is 33.2 Å². The largest absolute Gasteiger partial charge is 0.477 e. The molecular formula is C22H34N3O4S+. The number of quaternary nitrogens is 1. The lowest BCUT2D eigenvalue weighted by Gasteiger charge is -2.46. The number of thioether (sulfide) groups is 1. The smallest absolute Gasteiger partial charge is 0.353 e. The van der Waals surface area contributed by atoms with E-state index >= 15 is 0 Å². The van der Waals surface area contributed by atoms with Crippen molar-refractivity contribution >= 4 is 23.6 Å². The van der Waals surface area contributed by atoms with E-state index in [-0.39, 0.29) is 28.8 Å². The van der Waals surface area contributed by atoms with E-state index in [9.17, 15) is 19.8 Å². The zero-order valence-electron chi connectivity index (χ0n) is 18.1. The van der Waals surface area contributed by atoms with E-state index in [0.717, 1.165) is 28.9 Å². The summed E-state index contributed by atoms with van der Waals surface area (Å²) >= 11 is 1.61. The Morgan fingerprint density at radius 3 is 2.73 bits per heavy atom. The van der Waals surface area contributed by atoms with Crippen LogP contribution in [0, 0.1) is 11.8 Å². The monoisotopic (exact) mass is 436 g/mol. The van der Waals surface area contributed by atoms with Crippen LogP contribution in [0.5, 0.6) is 0 Å². The van der Waals surface area contributed by atoms with E-state index in [1.54, 1.807) is 18.7 Å². The molecular weight excluding hydrogens is 402 g/mol. The van der Waals surface area contributed by atoms with Gasteiger partial charge in [0.05, 0.1) is 44.7 Å². The maximum Gasteiger partial charge on any atom is 0.353 e. The molecule has 0 spiro atoms. The number of nitrogens with one attached hydrogen (secondary N) is 1. The molecule has 3 N–H and O–H groups in total. The van der Waals surface area contributed by atoms with Crippen molar-refractivity contribution in [3.05, 3.63) is 22.8 Å². The second kappa shape index (κ2) is 8.30. The van der Waals surface area contributed by atoms with Crippen LogP contribution in [0.3, 0.4) is 0 Å². The maximum atomic E-state index is 12.5. The predicted molar refractivity (Wildman–Crippen MR) is 117 cm³/mol. The Morgan fingerprint density at radius 1 is 1.40 bits per heavy atom. The van der Waals surface area contributed by atoms with Crippen molar-refractivity contribution in [1.29, 1.82) is 0 Å². The maximum absolute atomic E-state index is 12.5. The molecule has 4 aliphatic heterocycles. The number of hydrogen-bond donors (Lipinski definition) is 3. The van der Waals surface area contributed by atoms with Gasteiger partial charge in [0, 0.05) is 41.5 Å². The number of likely N-dealkylation sites (N-methyl/N-ethyl adjacent to an activating group) is 1. The molecule has 30 heavy (non-hydrogen) atoms. The number of aliphatic hydroxyl groups excluding tert-OH is 1. The van der Waals surface area contributed by atoms with Crippen LogP contribution < -0.4 is 5.32 Å². The normalized spacial score (nSPS) is 36.5. The summed E-state index contributed by atoms with van der Waals surface area (Å²) in [5.74, 6) is -1.87. The summed E-state index contributed by atoms with van der Waals surface area (Å²) in [6.45, 7) is 8.01. The van der Waals surface area contributed by atoms with Crippen LogP contribution in [0.1, 0.15) is 33.1 Å². The van der Waals surface area contributed by atoms with Gasteiger partial charge in [-0.3, -0.25) is 4.79 Å². The molecule has 0 radical (unpaired) electrons. The van der Waals surface area contributed by atoms with Gasteiger partial charge < -0.3 is 24.9 Å². The SMILES string of the molecule is C[C@@H](O)[C@H]1C(=O)N2C(C(=O)O)=C(S[C@@H]3CN[C@H](/C=C/C[N+]4(C)CCCC4)C3)[C@H](C)[C@H]12. The summed E-state index contributed by atoms with van der Waals surface area (Å²) in [6.07, 6.45) is 7.40. The van der Waals surface area contributed by atoms with Gasteiger partial charge in [-0.05, 0) is 19.4 Å². The molecule has 0 saturated carbocycles. The van der Waals surface area contributed by atoms with E-state index in [0.29, 0.717) is 6.04 Å². The Balaban J connectivity index is 1.39. The number of hydrogen-bond acceptors (Lipinski definition) is 5. The van der Waals surface area contributed by atoms with Crippen molar-refractivity contribution < 1.29 is 24.3 Å². The van der Waals surface area contributed by atoms with E-state index in [1.165, 1.54) is 30.8 Å². The van der Waals surface area contributed by atoms with Crippen LogP contribution in [-0.4, -0.2) is 88.1 Å². The second-order valence-electron chi connectivity index (χ2n) is 9.65. The third kappa shape index (κ3) is 3.83. The van der Waals surface area contributed by atoms with E-state index < -0.39 is 18.0 Å². The second-order valence-corrected chi connectivity index (χ2v) is 11.0. The van der Waals surface area contributed by atoms with Gasteiger partial charge in [-0.15, -0.1) is 11.8 Å². The third-order valence-corrected chi connectivity index (χ3v) is 8.80. The highest BCUT2D eigenvalue weighted by molar-refractivity contribution is 8.03. The molecule has 0 bridgehead atoms. The molecule has 3 saturated heterocycles. The number of aliphatic hydroxyl groups is 1. The fourth-order valence-corrected chi connectivity index (χ4v) is 7.08. The average Bonchev–Trinajstić information content (AvgIpc) is 3.35. The van der Waals surface area contributed by atoms with Gasteiger partial charge in [0.25, 0.3) is 0 Å². The van der Waals surface area contributed by atoms with Crippen molar-refractivity contribution in [3.8, 4) is 0 Å². The molecule has 4 heterocycles. The molecule has 7 nitrogen and oxygen atoms in total.